The van der Waals surface area contributed by atoms with Crippen molar-refractivity contribution in [3.05, 3.63) is 29.3 Å². The Kier molecular flexibility index (Phi) is 6.99. The van der Waals surface area contributed by atoms with Crippen molar-refractivity contribution in [3.8, 4) is 0 Å². The standard InChI is InChI=1S/C21H31N3O3/c1-14(2)13-22-19(26)17-8-9-18(15(3)12-17)23-20(27)21(24-16(4)25)10-6-5-7-11-21/h8-9,12,14H,5-7,10-11,13H2,1-4H3,(H,22,26)(H,23,27)(H,24,25). The van der Waals surface area contributed by atoms with Gasteiger partial charge in [0.1, 0.15) is 5.54 Å². The number of hydrogen-bond acceptors (Lipinski definition) is 3. The highest BCUT2D eigenvalue weighted by Gasteiger charge is 2.40. The number of rotatable bonds is 6. The second kappa shape index (κ2) is 9.02. The summed E-state index contributed by atoms with van der Waals surface area (Å²) in [5, 5.41) is 8.73. The molecule has 0 atom stereocenters. The fourth-order valence-electron chi connectivity index (χ4n) is 3.49. The molecule has 0 saturated heterocycles. The van der Waals surface area contributed by atoms with Crippen molar-refractivity contribution in [1.29, 1.82) is 0 Å². The first-order valence-electron chi connectivity index (χ1n) is 9.72. The summed E-state index contributed by atoms with van der Waals surface area (Å²) in [6.07, 6.45) is 4.21. The van der Waals surface area contributed by atoms with Gasteiger partial charge in [0.25, 0.3) is 5.91 Å². The smallest absolute Gasteiger partial charge is 0.251 e. The van der Waals surface area contributed by atoms with E-state index in [1.165, 1.54) is 6.92 Å². The second-order valence-corrected chi connectivity index (χ2v) is 7.91. The van der Waals surface area contributed by atoms with Crippen LogP contribution in [0.4, 0.5) is 5.69 Å². The Balaban J connectivity index is 2.12. The quantitative estimate of drug-likeness (QED) is 0.716. The molecule has 1 aliphatic rings. The first-order valence-corrected chi connectivity index (χ1v) is 9.72. The molecule has 3 N–H and O–H groups in total. The molecule has 6 heteroatoms. The Labute approximate surface area is 161 Å². The average Bonchev–Trinajstić information content (AvgIpc) is 2.61. The van der Waals surface area contributed by atoms with E-state index in [4.69, 9.17) is 0 Å². The van der Waals surface area contributed by atoms with Crippen molar-refractivity contribution >= 4 is 23.4 Å². The largest absolute Gasteiger partial charge is 0.352 e. The van der Waals surface area contributed by atoms with E-state index in [-0.39, 0.29) is 17.7 Å². The van der Waals surface area contributed by atoms with Crippen molar-refractivity contribution in [3.63, 3.8) is 0 Å². The predicted octanol–water partition coefficient (Wildman–Crippen LogP) is 3.16. The zero-order chi connectivity index (χ0) is 20.0. The molecule has 0 radical (unpaired) electrons. The Morgan fingerprint density at radius 3 is 2.33 bits per heavy atom. The van der Waals surface area contributed by atoms with Crippen LogP contribution in [-0.4, -0.2) is 29.8 Å². The molecule has 1 aromatic rings. The highest BCUT2D eigenvalue weighted by atomic mass is 16.2. The normalized spacial score (nSPS) is 15.9. The molecule has 0 unspecified atom stereocenters. The van der Waals surface area contributed by atoms with E-state index in [9.17, 15) is 14.4 Å². The van der Waals surface area contributed by atoms with Crippen molar-refractivity contribution in [2.75, 3.05) is 11.9 Å². The molecule has 0 bridgehead atoms. The molecule has 3 amide bonds. The van der Waals surface area contributed by atoms with Gasteiger partial charge in [0.05, 0.1) is 0 Å². The zero-order valence-corrected chi connectivity index (χ0v) is 16.8. The van der Waals surface area contributed by atoms with E-state index in [1.807, 2.05) is 20.8 Å². The van der Waals surface area contributed by atoms with Gasteiger partial charge < -0.3 is 16.0 Å². The molecule has 0 heterocycles. The number of benzene rings is 1. The zero-order valence-electron chi connectivity index (χ0n) is 16.8. The summed E-state index contributed by atoms with van der Waals surface area (Å²) >= 11 is 0. The number of amides is 3. The lowest BCUT2D eigenvalue weighted by molar-refractivity contribution is -0.130. The van der Waals surface area contributed by atoms with Crippen LogP contribution in [0.2, 0.25) is 0 Å². The predicted molar refractivity (Wildman–Crippen MR) is 107 cm³/mol. The monoisotopic (exact) mass is 373 g/mol. The number of anilines is 1. The van der Waals surface area contributed by atoms with Gasteiger partial charge in [0.2, 0.25) is 11.8 Å². The highest BCUT2D eigenvalue weighted by molar-refractivity contribution is 6.01. The van der Waals surface area contributed by atoms with Gasteiger partial charge in [0.15, 0.2) is 0 Å². The minimum absolute atomic E-state index is 0.119. The topological polar surface area (TPSA) is 87.3 Å². The number of aryl methyl sites for hydroxylation is 1. The molecular weight excluding hydrogens is 342 g/mol. The van der Waals surface area contributed by atoms with Crippen LogP contribution in [0.5, 0.6) is 0 Å². The first kappa shape index (κ1) is 20.9. The summed E-state index contributed by atoms with van der Waals surface area (Å²) in [7, 11) is 0. The number of carbonyl (C=O) groups is 3. The van der Waals surface area contributed by atoms with Crippen LogP contribution < -0.4 is 16.0 Å². The molecule has 27 heavy (non-hydrogen) atoms. The van der Waals surface area contributed by atoms with Crippen LogP contribution in [-0.2, 0) is 9.59 Å². The first-order chi connectivity index (χ1) is 12.7. The molecule has 1 aromatic carbocycles. The van der Waals surface area contributed by atoms with E-state index in [0.29, 0.717) is 36.6 Å². The average molecular weight is 373 g/mol. The van der Waals surface area contributed by atoms with Crippen molar-refractivity contribution in [2.24, 2.45) is 5.92 Å². The molecule has 2 rings (SSSR count). The summed E-state index contributed by atoms with van der Waals surface area (Å²) in [6.45, 7) is 8.01. The van der Waals surface area contributed by atoms with Gasteiger partial charge in [-0.3, -0.25) is 14.4 Å². The Morgan fingerprint density at radius 1 is 1.11 bits per heavy atom. The molecule has 1 aliphatic carbocycles. The van der Waals surface area contributed by atoms with E-state index < -0.39 is 5.54 Å². The molecule has 1 fully saturated rings. The van der Waals surface area contributed by atoms with E-state index >= 15 is 0 Å². The fourth-order valence-corrected chi connectivity index (χ4v) is 3.49. The van der Waals surface area contributed by atoms with Crippen LogP contribution in [0.1, 0.15) is 68.8 Å². The maximum atomic E-state index is 13.0. The summed E-state index contributed by atoms with van der Waals surface area (Å²) in [5.74, 6) is -0.112. The summed E-state index contributed by atoms with van der Waals surface area (Å²) in [4.78, 5) is 36.8. The molecule has 0 aromatic heterocycles. The van der Waals surface area contributed by atoms with E-state index in [0.717, 1.165) is 24.8 Å². The van der Waals surface area contributed by atoms with Gasteiger partial charge in [-0.15, -0.1) is 0 Å². The van der Waals surface area contributed by atoms with Gasteiger partial charge in [-0.25, -0.2) is 0 Å². The number of carbonyl (C=O) groups excluding carboxylic acids is 3. The third kappa shape index (κ3) is 5.55. The van der Waals surface area contributed by atoms with Crippen molar-refractivity contribution in [1.82, 2.24) is 10.6 Å². The summed E-state index contributed by atoms with van der Waals surface area (Å²) in [5.41, 5.74) is 1.20. The molecule has 148 valence electrons. The van der Waals surface area contributed by atoms with Gasteiger partial charge in [0, 0.05) is 24.7 Å². The fraction of sp³-hybridized carbons (Fsp3) is 0.571. The van der Waals surface area contributed by atoms with E-state index in [2.05, 4.69) is 16.0 Å². The van der Waals surface area contributed by atoms with Crippen LogP contribution in [0.3, 0.4) is 0 Å². The van der Waals surface area contributed by atoms with E-state index in [1.54, 1.807) is 18.2 Å². The lowest BCUT2D eigenvalue weighted by Gasteiger charge is -2.36. The van der Waals surface area contributed by atoms with Crippen LogP contribution in [0, 0.1) is 12.8 Å². The lowest BCUT2D eigenvalue weighted by Crippen LogP contribution is -2.57. The summed E-state index contributed by atoms with van der Waals surface area (Å²) in [6, 6.07) is 5.24. The lowest BCUT2D eigenvalue weighted by atomic mass is 9.80. The van der Waals surface area contributed by atoms with Crippen LogP contribution >= 0.6 is 0 Å². The highest BCUT2D eigenvalue weighted by Crippen LogP contribution is 2.30. The minimum atomic E-state index is -0.843. The number of hydrogen-bond donors (Lipinski definition) is 3. The maximum absolute atomic E-state index is 13.0. The Morgan fingerprint density at radius 2 is 1.78 bits per heavy atom. The molecule has 0 aliphatic heterocycles. The molecular formula is C21H31N3O3. The van der Waals surface area contributed by atoms with Gasteiger partial charge in [-0.05, 0) is 49.4 Å². The van der Waals surface area contributed by atoms with Crippen molar-refractivity contribution < 1.29 is 14.4 Å². The third-order valence-electron chi connectivity index (χ3n) is 4.96. The van der Waals surface area contributed by atoms with Gasteiger partial charge in [-0.1, -0.05) is 33.1 Å². The minimum Gasteiger partial charge on any atom is -0.352 e. The SMILES string of the molecule is CC(=O)NC1(C(=O)Nc2ccc(C(=O)NCC(C)C)cc2C)CCCCC1. The van der Waals surface area contributed by atoms with Gasteiger partial charge >= 0.3 is 0 Å². The Hall–Kier alpha value is -2.37. The maximum Gasteiger partial charge on any atom is 0.251 e. The van der Waals surface area contributed by atoms with Crippen LogP contribution in [0.15, 0.2) is 18.2 Å². The molecule has 6 nitrogen and oxygen atoms in total. The van der Waals surface area contributed by atoms with Crippen LogP contribution in [0.25, 0.3) is 0 Å². The summed E-state index contributed by atoms with van der Waals surface area (Å²) < 4.78 is 0. The molecule has 0 spiro atoms. The second-order valence-electron chi connectivity index (χ2n) is 7.91. The number of nitrogens with one attached hydrogen (secondary N) is 3. The molecule has 1 saturated carbocycles. The third-order valence-corrected chi connectivity index (χ3v) is 4.96. The van der Waals surface area contributed by atoms with Gasteiger partial charge in [-0.2, -0.15) is 0 Å². The Bertz CT molecular complexity index is 707. The van der Waals surface area contributed by atoms with Crippen molar-refractivity contribution in [2.45, 2.75) is 65.3 Å².